The number of aryl methyl sites for hydroxylation is 2. The van der Waals surface area contributed by atoms with Gasteiger partial charge in [-0.25, -0.2) is 4.68 Å². The van der Waals surface area contributed by atoms with Crippen LogP contribution in [0.4, 0.5) is 5.69 Å². The van der Waals surface area contributed by atoms with E-state index in [2.05, 4.69) is 17.3 Å². The lowest BCUT2D eigenvalue weighted by Gasteiger charge is -2.15. The smallest absolute Gasteiger partial charge is 0.276 e. The Bertz CT molecular complexity index is 1240. The second kappa shape index (κ2) is 7.20. The molecule has 0 radical (unpaired) electrons. The zero-order valence-electron chi connectivity index (χ0n) is 16.0. The molecule has 0 bridgehead atoms. The first-order valence-corrected chi connectivity index (χ1v) is 10.1. The molecule has 4 rings (SSSR count). The fourth-order valence-corrected chi connectivity index (χ4v) is 4.46. The van der Waals surface area contributed by atoms with Crippen molar-refractivity contribution in [1.29, 1.82) is 0 Å². The highest BCUT2D eigenvalue weighted by atomic mass is 32.1. The number of nitrogens with one attached hydrogen (secondary N) is 1. The van der Waals surface area contributed by atoms with E-state index in [1.54, 1.807) is 18.3 Å². The molecule has 0 unspecified atom stereocenters. The van der Waals surface area contributed by atoms with E-state index in [1.807, 2.05) is 55.5 Å². The normalized spacial score (nSPS) is 12.4. The van der Waals surface area contributed by atoms with Gasteiger partial charge < -0.3 is 5.32 Å². The minimum absolute atomic E-state index is 0.234. The molecular formula is C22H21N3O2S. The van der Waals surface area contributed by atoms with Crippen molar-refractivity contribution < 1.29 is 4.79 Å². The number of hydrogen-bond acceptors (Lipinski definition) is 4. The summed E-state index contributed by atoms with van der Waals surface area (Å²) in [5.74, 6) is -0.267. The van der Waals surface area contributed by atoms with Crippen molar-refractivity contribution in [2.24, 2.45) is 0 Å². The highest BCUT2D eigenvalue weighted by Crippen LogP contribution is 2.32. The van der Waals surface area contributed by atoms with Crippen LogP contribution >= 0.6 is 11.3 Å². The van der Waals surface area contributed by atoms with Crippen LogP contribution in [0.15, 0.2) is 53.3 Å². The SMILES string of the molecule is CCc1ccc(NC(=O)[C@H](C)n2nc(C)c3sc4ccccc4c3c2=O)cc1. The first-order chi connectivity index (χ1) is 13.5. The van der Waals surface area contributed by atoms with Gasteiger partial charge in [-0.3, -0.25) is 9.59 Å². The van der Waals surface area contributed by atoms with Gasteiger partial charge in [0.25, 0.3) is 5.56 Å². The standard InChI is InChI=1S/C22H21N3O2S/c1-4-15-9-11-16(12-10-15)23-21(26)14(3)25-22(27)19-17-7-5-6-8-18(17)28-20(19)13(2)24-25/h5-12,14H,4H2,1-3H3,(H,23,26)/t14-/m0/s1. The van der Waals surface area contributed by atoms with E-state index in [9.17, 15) is 9.59 Å². The number of nitrogens with zero attached hydrogens (tertiary/aromatic N) is 2. The number of hydrogen-bond donors (Lipinski definition) is 1. The van der Waals surface area contributed by atoms with Crippen LogP contribution in [0.25, 0.3) is 20.2 Å². The largest absolute Gasteiger partial charge is 0.324 e. The molecule has 5 nitrogen and oxygen atoms in total. The van der Waals surface area contributed by atoms with Crippen LogP contribution in [0.2, 0.25) is 0 Å². The minimum Gasteiger partial charge on any atom is -0.324 e. The molecule has 2 heterocycles. The third-order valence-corrected chi connectivity index (χ3v) is 6.26. The average Bonchev–Trinajstić information content (AvgIpc) is 3.11. The van der Waals surface area contributed by atoms with E-state index in [4.69, 9.17) is 0 Å². The zero-order valence-corrected chi connectivity index (χ0v) is 16.8. The molecule has 0 saturated carbocycles. The molecule has 0 spiro atoms. The molecule has 0 fully saturated rings. The van der Waals surface area contributed by atoms with Crippen molar-refractivity contribution >= 4 is 43.1 Å². The topological polar surface area (TPSA) is 64.0 Å². The Morgan fingerprint density at radius 1 is 1.18 bits per heavy atom. The zero-order chi connectivity index (χ0) is 19.8. The molecule has 1 atom stereocenters. The van der Waals surface area contributed by atoms with Gasteiger partial charge in [-0.15, -0.1) is 11.3 Å². The summed E-state index contributed by atoms with van der Waals surface area (Å²) >= 11 is 1.56. The number of carbonyl (C=O) groups excluding carboxylic acids is 1. The highest BCUT2D eigenvalue weighted by Gasteiger charge is 2.22. The predicted molar refractivity (Wildman–Crippen MR) is 115 cm³/mol. The molecule has 0 saturated heterocycles. The molecular weight excluding hydrogens is 370 g/mol. The van der Waals surface area contributed by atoms with Gasteiger partial charge in [0.1, 0.15) is 6.04 Å². The van der Waals surface area contributed by atoms with Crippen molar-refractivity contribution in [3.63, 3.8) is 0 Å². The first kappa shape index (κ1) is 18.4. The van der Waals surface area contributed by atoms with Gasteiger partial charge in [0.15, 0.2) is 0 Å². The maximum atomic E-state index is 13.2. The average molecular weight is 391 g/mol. The Labute approximate surface area is 166 Å². The minimum atomic E-state index is -0.722. The number of amides is 1. The molecule has 1 N–H and O–H groups in total. The van der Waals surface area contributed by atoms with Crippen LogP contribution in [0.1, 0.15) is 31.1 Å². The number of carbonyl (C=O) groups is 1. The number of benzene rings is 2. The van der Waals surface area contributed by atoms with Crippen LogP contribution in [0, 0.1) is 6.92 Å². The molecule has 1 amide bonds. The summed E-state index contributed by atoms with van der Waals surface area (Å²) in [6, 6.07) is 14.8. The Hall–Kier alpha value is -2.99. The van der Waals surface area contributed by atoms with Crippen molar-refractivity contribution in [3.05, 3.63) is 70.1 Å². The Kier molecular flexibility index (Phi) is 4.73. The molecule has 2 aromatic heterocycles. The van der Waals surface area contributed by atoms with Gasteiger partial charge in [-0.05, 0) is 44.0 Å². The van der Waals surface area contributed by atoms with E-state index < -0.39 is 6.04 Å². The van der Waals surface area contributed by atoms with Gasteiger partial charge >= 0.3 is 0 Å². The van der Waals surface area contributed by atoms with Gasteiger partial charge in [0.05, 0.1) is 15.8 Å². The lowest BCUT2D eigenvalue weighted by atomic mass is 10.1. The molecule has 28 heavy (non-hydrogen) atoms. The quantitative estimate of drug-likeness (QED) is 0.549. The summed E-state index contributed by atoms with van der Waals surface area (Å²) in [7, 11) is 0. The number of rotatable bonds is 4. The molecule has 142 valence electrons. The van der Waals surface area contributed by atoms with Gasteiger partial charge in [0.2, 0.25) is 5.91 Å². The summed E-state index contributed by atoms with van der Waals surface area (Å²) < 4.78 is 3.22. The van der Waals surface area contributed by atoms with Crippen LogP contribution in [-0.2, 0) is 11.2 Å². The van der Waals surface area contributed by atoms with Crippen molar-refractivity contribution in [2.45, 2.75) is 33.2 Å². The van der Waals surface area contributed by atoms with Gasteiger partial charge in [0, 0.05) is 15.8 Å². The molecule has 4 aromatic rings. The third-order valence-electron chi connectivity index (χ3n) is 4.98. The Balaban J connectivity index is 1.73. The third kappa shape index (κ3) is 3.10. The highest BCUT2D eigenvalue weighted by molar-refractivity contribution is 7.26. The van der Waals surface area contributed by atoms with E-state index in [1.165, 1.54) is 10.2 Å². The maximum absolute atomic E-state index is 13.2. The van der Waals surface area contributed by atoms with Crippen molar-refractivity contribution in [1.82, 2.24) is 9.78 Å². The Morgan fingerprint density at radius 2 is 1.89 bits per heavy atom. The van der Waals surface area contributed by atoms with Crippen molar-refractivity contribution in [3.8, 4) is 0 Å². The molecule has 6 heteroatoms. The van der Waals surface area contributed by atoms with Crippen molar-refractivity contribution in [2.75, 3.05) is 5.32 Å². The van der Waals surface area contributed by atoms with Crippen LogP contribution in [-0.4, -0.2) is 15.7 Å². The summed E-state index contributed by atoms with van der Waals surface area (Å²) in [4.78, 5) is 25.9. The van der Waals surface area contributed by atoms with Crippen LogP contribution < -0.4 is 10.9 Å². The monoisotopic (exact) mass is 391 g/mol. The maximum Gasteiger partial charge on any atom is 0.276 e. The number of aromatic nitrogens is 2. The van der Waals surface area contributed by atoms with Gasteiger partial charge in [-0.2, -0.15) is 5.10 Å². The van der Waals surface area contributed by atoms with Gasteiger partial charge in [-0.1, -0.05) is 37.3 Å². The number of thiophene rings is 1. The molecule has 0 aliphatic rings. The lowest BCUT2D eigenvalue weighted by molar-refractivity contribution is -0.119. The number of fused-ring (bicyclic) bond motifs is 3. The summed E-state index contributed by atoms with van der Waals surface area (Å²) in [5, 5.41) is 8.87. The van der Waals surface area contributed by atoms with E-state index in [-0.39, 0.29) is 11.5 Å². The van der Waals surface area contributed by atoms with E-state index in [0.717, 1.165) is 26.9 Å². The second-order valence-electron chi connectivity index (χ2n) is 6.85. The molecule has 0 aliphatic heterocycles. The van der Waals surface area contributed by atoms with E-state index in [0.29, 0.717) is 11.1 Å². The first-order valence-electron chi connectivity index (χ1n) is 9.30. The summed E-state index contributed by atoms with van der Waals surface area (Å²) in [6.07, 6.45) is 0.942. The van der Waals surface area contributed by atoms with Crippen LogP contribution in [0.3, 0.4) is 0 Å². The summed E-state index contributed by atoms with van der Waals surface area (Å²) in [5.41, 5.74) is 2.43. The Morgan fingerprint density at radius 3 is 2.61 bits per heavy atom. The fraction of sp³-hybridized carbons (Fsp3) is 0.227. The number of anilines is 1. The predicted octanol–water partition coefficient (Wildman–Crippen LogP) is 4.68. The van der Waals surface area contributed by atoms with Crippen LogP contribution in [0.5, 0.6) is 0 Å². The summed E-state index contributed by atoms with van der Waals surface area (Å²) in [6.45, 7) is 5.66. The lowest BCUT2D eigenvalue weighted by Crippen LogP contribution is -2.33. The molecule has 2 aromatic carbocycles. The van der Waals surface area contributed by atoms with E-state index >= 15 is 0 Å². The fourth-order valence-electron chi connectivity index (χ4n) is 3.32. The molecule has 0 aliphatic carbocycles. The second-order valence-corrected chi connectivity index (χ2v) is 7.91.